The number of aromatic nitrogens is 3. The van der Waals surface area contributed by atoms with E-state index < -0.39 is 24.2 Å². The minimum Gasteiger partial charge on any atom is -0.487 e. The number of carboxylic acid groups (broad SMARTS) is 1. The predicted molar refractivity (Wildman–Crippen MR) is 202 cm³/mol. The first-order valence-electron chi connectivity index (χ1n) is 17.2. The van der Waals surface area contributed by atoms with Crippen LogP contribution in [0, 0.1) is 12.8 Å². The van der Waals surface area contributed by atoms with Crippen LogP contribution in [-0.2, 0) is 29.3 Å². The Hall–Kier alpha value is -4.21. The van der Waals surface area contributed by atoms with E-state index in [0.717, 1.165) is 58.2 Å². The van der Waals surface area contributed by atoms with Crippen LogP contribution in [0.5, 0.6) is 5.75 Å². The van der Waals surface area contributed by atoms with Crippen molar-refractivity contribution in [1.82, 2.24) is 20.0 Å². The molecular formula is C39H41BrClN5O7. The number of aliphatic hydroxyl groups is 2. The maximum atomic E-state index is 12.2. The first kappa shape index (κ1) is 38.5. The monoisotopic (exact) mass is 805 g/mol. The molecule has 1 saturated heterocycles. The van der Waals surface area contributed by atoms with Gasteiger partial charge in [0.2, 0.25) is 0 Å². The van der Waals surface area contributed by atoms with E-state index >= 15 is 0 Å². The molecule has 14 heteroatoms. The van der Waals surface area contributed by atoms with Crippen molar-refractivity contribution in [3.05, 3.63) is 117 Å². The van der Waals surface area contributed by atoms with Crippen molar-refractivity contribution in [2.75, 3.05) is 26.3 Å². The average Bonchev–Trinajstić information content (AvgIpc) is 3.63. The van der Waals surface area contributed by atoms with Gasteiger partial charge in [-0.25, -0.2) is 0 Å². The summed E-state index contributed by atoms with van der Waals surface area (Å²) in [6.07, 6.45) is 3.89. The van der Waals surface area contributed by atoms with Gasteiger partial charge in [-0.2, -0.15) is 4.98 Å². The quantitative estimate of drug-likeness (QED) is 0.0925. The summed E-state index contributed by atoms with van der Waals surface area (Å²) in [5.41, 5.74) is 9.72. The van der Waals surface area contributed by atoms with Crippen LogP contribution in [0.1, 0.15) is 47.0 Å². The van der Waals surface area contributed by atoms with Crippen molar-refractivity contribution in [3.63, 3.8) is 0 Å². The van der Waals surface area contributed by atoms with Crippen molar-refractivity contribution < 1.29 is 34.1 Å². The number of hydrogen-bond donors (Lipinski definition) is 4. The highest BCUT2D eigenvalue weighted by atomic mass is 79.9. The van der Waals surface area contributed by atoms with Gasteiger partial charge in [-0.3, -0.25) is 14.7 Å². The van der Waals surface area contributed by atoms with Gasteiger partial charge in [0.25, 0.3) is 5.89 Å². The zero-order valence-corrected chi connectivity index (χ0v) is 31.5. The molecule has 6 rings (SSSR count). The number of ether oxygens (including phenoxy) is 2. The lowest BCUT2D eigenvalue weighted by atomic mass is 9.89. The van der Waals surface area contributed by atoms with Crippen molar-refractivity contribution in [3.8, 4) is 28.3 Å². The van der Waals surface area contributed by atoms with Crippen LogP contribution in [0.25, 0.3) is 22.6 Å². The van der Waals surface area contributed by atoms with Crippen LogP contribution in [0.15, 0.2) is 88.1 Å². The molecule has 1 unspecified atom stereocenters. The number of nitrogens with two attached hydrogens (primary N) is 1. The van der Waals surface area contributed by atoms with Crippen molar-refractivity contribution >= 4 is 33.5 Å². The molecule has 5 N–H and O–H groups in total. The second-order valence-electron chi connectivity index (χ2n) is 13.2. The molecule has 12 nitrogen and oxygen atoms in total. The summed E-state index contributed by atoms with van der Waals surface area (Å²) in [6.45, 7) is 3.95. The Bertz CT molecular complexity index is 2030. The van der Waals surface area contributed by atoms with Crippen LogP contribution in [0.4, 0.5) is 0 Å². The summed E-state index contributed by atoms with van der Waals surface area (Å²) in [5.74, 6) is 0.387. The van der Waals surface area contributed by atoms with Crippen LogP contribution in [0.3, 0.4) is 0 Å². The third-order valence-corrected chi connectivity index (χ3v) is 10.9. The fourth-order valence-electron chi connectivity index (χ4n) is 6.43. The summed E-state index contributed by atoms with van der Waals surface area (Å²) in [7, 11) is 0. The molecule has 278 valence electrons. The molecule has 0 spiro atoms. The third-order valence-electron chi connectivity index (χ3n) is 9.64. The normalized spacial score (nSPS) is 15.6. The van der Waals surface area contributed by atoms with E-state index in [9.17, 15) is 20.1 Å². The molecule has 0 amide bonds. The first-order valence-corrected chi connectivity index (χ1v) is 18.4. The maximum absolute atomic E-state index is 12.2. The summed E-state index contributed by atoms with van der Waals surface area (Å²) in [6, 6.07) is 20.2. The molecule has 1 aliphatic rings. The van der Waals surface area contributed by atoms with Gasteiger partial charge in [-0.1, -0.05) is 59.2 Å². The van der Waals surface area contributed by atoms with E-state index in [1.165, 1.54) is 6.07 Å². The van der Waals surface area contributed by atoms with Gasteiger partial charge in [0, 0.05) is 34.6 Å². The van der Waals surface area contributed by atoms with Gasteiger partial charge < -0.3 is 35.1 Å². The van der Waals surface area contributed by atoms with E-state index in [2.05, 4.69) is 31.0 Å². The lowest BCUT2D eigenvalue weighted by molar-refractivity contribution is -0.154. The smallest absolute Gasteiger partial charge is 0.329 e. The number of hydrogen-bond acceptors (Lipinski definition) is 11. The Morgan fingerprint density at radius 3 is 2.53 bits per heavy atom. The Morgan fingerprint density at radius 1 is 1.08 bits per heavy atom. The Balaban J connectivity index is 1.17. The minimum atomic E-state index is -2.14. The molecule has 0 bridgehead atoms. The molecule has 0 aliphatic carbocycles. The van der Waals surface area contributed by atoms with Crippen molar-refractivity contribution in [2.45, 2.75) is 51.2 Å². The number of benzene rings is 3. The van der Waals surface area contributed by atoms with Gasteiger partial charge >= 0.3 is 5.97 Å². The number of carboxylic acids is 1. The van der Waals surface area contributed by atoms with Crippen molar-refractivity contribution in [2.24, 2.45) is 11.7 Å². The number of pyridine rings is 1. The highest BCUT2D eigenvalue weighted by Crippen LogP contribution is 2.38. The second-order valence-corrected chi connectivity index (χ2v) is 14.4. The number of aliphatic carboxylic acids is 1. The summed E-state index contributed by atoms with van der Waals surface area (Å²) < 4.78 is 18.7. The van der Waals surface area contributed by atoms with E-state index in [0.29, 0.717) is 41.1 Å². The number of likely N-dealkylation sites (tertiary alicyclic amines) is 1. The van der Waals surface area contributed by atoms with Crippen molar-refractivity contribution in [1.29, 1.82) is 0 Å². The van der Waals surface area contributed by atoms with E-state index in [4.69, 9.17) is 36.3 Å². The molecular weight excluding hydrogens is 766 g/mol. The molecule has 0 radical (unpaired) electrons. The van der Waals surface area contributed by atoms with Gasteiger partial charge in [-0.15, -0.1) is 0 Å². The van der Waals surface area contributed by atoms with Gasteiger partial charge in [0.15, 0.2) is 11.4 Å². The Labute approximate surface area is 320 Å². The van der Waals surface area contributed by atoms with E-state index in [1.54, 1.807) is 36.7 Å². The molecule has 2 aromatic heterocycles. The molecule has 0 saturated carbocycles. The summed E-state index contributed by atoms with van der Waals surface area (Å²) >= 11 is 10.5. The fraction of sp³-hybridized carbons (Fsp3) is 0.333. The highest BCUT2D eigenvalue weighted by molar-refractivity contribution is 9.10. The molecule has 3 heterocycles. The molecule has 5 aromatic rings. The lowest BCUT2D eigenvalue weighted by Gasteiger charge is -2.32. The Kier molecular flexibility index (Phi) is 12.6. The Morgan fingerprint density at radius 2 is 1.83 bits per heavy atom. The van der Waals surface area contributed by atoms with E-state index in [1.807, 2.05) is 43.3 Å². The second kappa shape index (κ2) is 17.3. The number of carbonyl (C=O) groups is 1. The van der Waals surface area contributed by atoms with Gasteiger partial charge in [0.1, 0.15) is 18.5 Å². The number of halogens is 2. The summed E-state index contributed by atoms with van der Waals surface area (Å²) in [4.78, 5) is 23.3. The fourth-order valence-corrected chi connectivity index (χ4v) is 7.27. The van der Waals surface area contributed by atoms with Crippen LogP contribution in [0.2, 0.25) is 5.02 Å². The number of aliphatic hydroxyl groups excluding tert-OH is 2. The molecule has 1 fully saturated rings. The molecule has 53 heavy (non-hydrogen) atoms. The maximum Gasteiger partial charge on any atom is 0.329 e. The molecule has 3 aromatic carbocycles. The summed E-state index contributed by atoms with van der Waals surface area (Å²) in [5, 5.41) is 33.9. The highest BCUT2D eigenvalue weighted by Gasteiger charge is 2.44. The zero-order chi connectivity index (χ0) is 37.5. The lowest BCUT2D eigenvalue weighted by Crippen LogP contribution is -2.56. The third kappa shape index (κ3) is 8.79. The van der Waals surface area contributed by atoms with Crippen LogP contribution in [-0.4, -0.2) is 73.2 Å². The van der Waals surface area contributed by atoms with E-state index in [-0.39, 0.29) is 24.8 Å². The average molecular weight is 807 g/mol. The SMILES string of the molecule is Cc1c(-c2nc(CN3CCC(CO)CC3)no2)cccc1-c1cccc(COc2ccc(C(OCc3cccnc3)[C@](N)(CO)C(=O)O)cc2Cl)c1Br. The van der Waals surface area contributed by atoms with Crippen LogP contribution >= 0.6 is 27.5 Å². The molecule has 2 atom stereocenters. The van der Waals surface area contributed by atoms with Gasteiger partial charge in [0.05, 0.1) is 24.8 Å². The number of rotatable bonds is 15. The van der Waals surface area contributed by atoms with Crippen LogP contribution < -0.4 is 10.5 Å². The topological polar surface area (TPSA) is 177 Å². The zero-order valence-electron chi connectivity index (χ0n) is 29.1. The number of nitrogens with zero attached hydrogens (tertiary/aromatic N) is 4. The number of piperidine rings is 1. The molecule has 1 aliphatic heterocycles. The largest absolute Gasteiger partial charge is 0.487 e. The minimum absolute atomic E-state index is 0.00904. The first-order chi connectivity index (χ1) is 25.6. The van der Waals surface area contributed by atoms with Gasteiger partial charge in [-0.05, 0) is 107 Å². The predicted octanol–water partition coefficient (Wildman–Crippen LogP) is 6.34. The standard InChI is InChI=1S/C39H41BrClN5O7/c1-24-29(7-3-8-30(24)37-44-34(45-53-37)19-46-15-12-25(20-47)13-16-46)31-9-2-6-28(35(31)40)22-51-33-11-10-27(17-32(33)41)36(39(42,23-48)38(49)50)52-21-26-5-4-14-43-18-26/h2-11,14,17-18,25,36,47-48H,12-13,15-16,19-23,42H2,1H3,(H,49,50)/t36?,39-/m1/s1.